The van der Waals surface area contributed by atoms with Crippen LogP contribution in [0.15, 0.2) is 30.4 Å². The Labute approximate surface area is 131 Å². The molecule has 0 bridgehead atoms. The van der Waals surface area contributed by atoms with Crippen LogP contribution in [0.2, 0.25) is 5.02 Å². The second-order valence-corrected chi connectivity index (χ2v) is 5.84. The molecule has 0 saturated carbocycles. The average molecular weight is 309 g/mol. The summed E-state index contributed by atoms with van der Waals surface area (Å²) in [6.07, 6.45) is 12.1. The van der Waals surface area contributed by atoms with Crippen molar-refractivity contribution in [2.45, 2.75) is 39.0 Å². The van der Waals surface area contributed by atoms with Gasteiger partial charge in [0.25, 0.3) is 0 Å². The van der Waals surface area contributed by atoms with E-state index in [9.17, 15) is 4.39 Å². The Hall–Kier alpha value is -1.28. The molecule has 0 radical (unpaired) electrons. The highest BCUT2D eigenvalue weighted by Gasteiger charge is 2.19. The zero-order valence-electron chi connectivity index (χ0n) is 12.7. The maximum Gasteiger partial charge on any atom is 0.184 e. The molecule has 0 aliphatic heterocycles. The quantitative estimate of drug-likeness (QED) is 0.604. The molecule has 1 aliphatic rings. The summed E-state index contributed by atoms with van der Waals surface area (Å²) in [5.74, 6) is 0.462. The van der Waals surface area contributed by atoms with Crippen LogP contribution in [0.3, 0.4) is 0 Å². The molecule has 1 atom stereocenters. The number of halogens is 2. The van der Waals surface area contributed by atoms with Gasteiger partial charge in [0, 0.05) is 0 Å². The summed E-state index contributed by atoms with van der Waals surface area (Å²) in [6.45, 7) is 2.05. The molecule has 1 aromatic rings. The van der Waals surface area contributed by atoms with E-state index in [2.05, 4.69) is 25.2 Å². The van der Waals surface area contributed by atoms with Crippen molar-refractivity contribution >= 4 is 17.2 Å². The van der Waals surface area contributed by atoms with Crippen LogP contribution in [0, 0.1) is 11.7 Å². The molecule has 1 unspecified atom stereocenters. The first-order valence-corrected chi connectivity index (χ1v) is 7.87. The van der Waals surface area contributed by atoms with Gasteiger partial charge >= 0.3 is 0 Å². The SMILES string of the molecule is CC=CCCC1CC=C(c2ccc(OC)c(F)c2Cl)CC1. The van der Waals surface area contributed by atoms with E-state index in [0.29, 0.717) is 0 Å². The van der Waals surface area contributed by atoms with E-state index in [1.165, 1.54) is 13.5 Å². The number of ether oxygens (including phenoxy) is 1. The minimum absolute atomic E-state index is 0.174. The highest BCUT2D eigenvalue weighted by atomic mass is 35.5. The molecule has 0 aromatic heterocycles. The van der Waals surface area contributed by atoms with Gasteiger partial charge in [0.05, 0.1) is 12.1 Å². The van der Waals surface area contributed by atoms with Crippen molar-refractivity contribution in [3.05, 3.63) is 46.8 Å². The Kier molecular flexibility index (Phi) is 5.86. The molecule has 21 heavy (non-hydrogen) atoms. The van der Waals surface area contributed by atoms with Crippen LogP contribution in [-0.2, 0) is 0 Å². The van der Waals surface area contributed by atoms with Gasteiger partial charge in [0.2, 0.25) is 0 Å². The van der Waals surface area contributed by atoms with E-state index in [-0.39, 0.29) is 10.8 Å². The summed E-state index contributed by atoms with van der Waals surface area (Å²) in [5.41, 5.74) is 1.96. The van der Waals surface area contributed by atoms with Gasteiger partial charge in [0.1, 0.15) is 0 Å². The lowest BCUT2D eigenvalue weighted by Gasteiger charge is -2.22. The second-order valence-electron chi connectivity index (χ2n) is 5.46. The molecule has 2 rings (SSSR count). The van der Waals surface area contributed by atoms with Crippen LogP contribution in [0.1, 0.15) is 44.6 Å². The van der Waals surface area contributed by atoms with E-state index < -0.39 is 5.82 Å². The second kappa shape index (κ2) is 7.65. The fraction of sp³-hybridized carbons (Fsp3) is 0.444. The van der Waals surface area contributed by atoms with Gasteiger partial charge in [-0.15, -0.1) is 0 Å². The zero-order valence-corrected chi connectivity index (χ0v) is 13.4. The van der Waals surface area contributed by atoms with Crippen LogP contribution in [0.25, 0.3) is 5.57 Å². The van der Waals surface area contributed by atoms with Gasteiger partial charge < -0.3 is 4.74 Å². The van der Waals surface area contributed by atoms with E-state index in [1.54, 1.807) is 6.07 Å². The molecule has 114 valence electrons. The van der Waals surface area contributed by atoms with Gasteiger partial charge in [0.15, 0.2) is 11.6 Å². The van der Waals surface area contributed by atoms with E-state index in [1.807, 2.05) is 6.07 Å². The standard InChI is InChI=1S/C18H22ClFO/c1-3-4-5-6-13-7-9-14(10-8-13)15-11-12-16(21-2)18(20)17(15)19/h3-4,9,11-13H,5-8,10H2,1-2H3. The largest absolute Gasteiger partial charge is 0.494 e. The summed E-state index contributed by atoms with van der Waals surface area (Å²) in [4.78, 5) is 0. The molecule has 1 aliphatic carbocycles. The van der Waals surface area contributed by atoms with E-state index in [0.717, 1.165) is 42.7 Å². The third-order valence-corrected chi connectivity index (χ3v) is 4.48. The first-order chi connectivity index (χ1) is 10.2. The molecule has 0 amide bonds. The van der Waals surface area contributed by atoms with Crippen molar-refractivity contribution in [3.63, 3.8) is 0 Å². The summed E-state index contributed by atoms with van der Waals surface area (Å²) in [6, 6.07) is 3.51. The van der Waals surface area contributed by atoms with Crippen molar-refractivity contribution in [3.8, 4) is 5.75 Å². The van der Waals surface area contributed by atoms with Crippen molar-refractivity contribution in [1.29, 1.82) is 0 Å². The molecule has 1 nitrogen and oxygen atoms in total. The first-order valence-electron chi connectivity index (χ1n) is 7.50. The maximum atomic E-state index is 14.0. The van der Waals surface area contributed by atoms with Crippen LogP contribution in [0.5, 0.6) is 5.75 Å². The zero-order chi connectivity index (χ0) is 15.2. The van der Waals surface area contributed by atoms with Gasteiger partial charge in [-0.05, 0) is 68.2 Å². The number of hydrogen-bond donors (Lipinski definition) is 0. The third kappa shape index (κ3) is 3.88. The summed E-state index contributed by atoms with van der Waals surface area (Å²) in [5, 5.41) is 0.174. The fourth-order valence-corrected chi connectivity index (χ4v) is 3.11. The minimum atomic E-state index is -0.465. The van der Waals surface area contributed by atoms with Crippen molar-refractivity contribution in [2.75, 3.05) is 7.11 Å². The first kappa shape index (κ1) is 16.1. The van der Waals surface area contributed by atoms with Gasteiger partial charge in [-0.25, -0.2) is 4.39 Å². The van der Waals surface area contributed by atoms with E-state index in [4.69, 9.17) is 16.3 Å². The number of hydrogen-bond acceptors (Lipinski definition) is 1. The summed E-state index contributed by atoms with van der Waals surface area (Å²) < 4.78 is 19.0. The predicted octanol–water partition coefficient (Wildman–Crippen LogP) is 6.03. The molecular formula is C18H22ClFO. The van der Waals surface area contributed by atoms with Crippen LogP contribution in [-0.4, -0.2) is 7.11 Å². The van der Waals surface area contributed by atoms with Crippen molar-refractivity contribution in [1.82, 2.24) is 0 Å². The number of benzene rings is 1. The fourth-order valence-electron chi connectivity index (χ4n) is 2.83. The lowest BCUT2D eigenvalue weighted by molar-refractivity contribution is 0.386. The lowest BCUT2D eigenvalue weighted by Crippen LogP contribution is -2.06. The smallest absolute Gasteiger partial charge is 0.184 e. The van der Waals surface area contributed by atoms with Crippen molar-refractivity contribution < 1.29 is 9.13 Å². The molecule has 1 aromatic carbocycles. The molecule has 0 fully saturated rings. The van der Waals surface area contributed by atoms with Crippen LogP contribution in [0.4, 0.5) is 4.39 Å². The third-order valence-electron chi connectivity index (χ3n) is 4.11. The van der Waals surface area contributed by atoms with Crippen LogP contribution >= 0.6 is 11.6 Å². The maximum absolute atomic E-state index is 14.0. The summed E-state index contributed by atoms with van der Waals surface area (Å²) in [7, 11) is 1.45. The lowest BCUT2D eigenvalue weighted by atomic mass is 9.84. The van der Waals surface area contributed by atoms with Crippen molar-refractivity contribution in [2.24, 2.45) is 5.92 Å². The molecule has 0 N–H and O–H groups in total. The monoisotopic (exact) mass is 308 g/mol. The average Bonchev–Trinajstić information content (AvgIpc) is 2.51. The highest BCUT2D eigenvalue weighted by Crippen LogP contribution is 2.38. The van der Waals surface area contributed by atoms with Crippen LogP contribution < -0.4 is 4.74 Å². The van der Waals surface area contributed by atoms with E-state index >= 15 is 0 Å². The normalized spacial score (nSPS) is 18.9. The Morgan fingerprint density at radius 2 is 2.24 bits per heavy atom. The summed E-state index contributed by atoms with van der Waals surface area (Å²) >= 11 is 6.14. The molecule has 0 saturated heterocycles. The van der Waals surface area contributed by atoms with Gasteiger partial charge in [-0.2, -0.15) is 0 Å². The number of methoxy groups -OCH3 is 1. The molecule has 3 heteroatoms. The van der Waals surface area contributed by atoms with Gasteiger partial charge in [-0.3, -0.25) is 0 Å². The molecule has 0 spiro atoms. The predicted molar refractivity (Wildman–Crippen MR) is 87.3 cm³/mol. The topological polar surface area (TPSA) is 9.23 Å². The Balaban J connectivity index is 2.09. The highest BCUT2D eigenvalue weighted by molar-refractivity contribution is 6.32. The Bertz CT molecular complexity index is 548. The molecular weight excluding hydrogens is 287 g/mol. The van der Waals surface area contributed by atoms with Gasteiger partial charge in [-0.1, -0.05) is 29.8 Å². The Morgan fingerprint density at radius 1 is 1.43 bits per heavy atom. The Morgan fingerprint density at radius 3 is 2.86 bits per heavy atom. The molecule has 0 heterocycles. The minimum Gasteiger partial charge on any atom is -0.494 e. The number of allylic oxidation sites excluding steroid dienone is 4. The number of rotatable bonds is 5.